The summed E-state index contributed by atoms with van der Waals surface area (Å²) in [4.78, 5) is 0. The summed E-state index contributed by atoms with van der Waals surface area (Å²) in [7, 11) is 0. The molecule has 3 nitrogen and oxygen atoms in total. The van der Waals surface area contributed by atoms with Crippen molar-refractivity contribution >= 4 is 5.69 Å². The van der Waals surface area contributed by atoms with E-state index < -0.39 is 0 Å². The van der Waals surface area contributed by atoms with Gasteiger partial charge in [0.25, 0.3) is 0 Å². The summed E-state index contributed by atoms with van der Waals surface area (Å²) < 4.78 is 5.45. The number of nitrogens with two attached hydrogens (primary N) is 1. The first-order valence-corrected chi connectivity index (χ1v) is 7.86. The highest BCUT2D eigenvalue weighted by atomic mass is 16.3. The maximum Gasteiger partial charge on any atom is 0.133 e. The largest absolute Gasteiger partial charge is 0.464 e. The van der Waals surface area contributed by atoms with Gasteiger partial charge in [0.05, 0.1) is 6.26 Å². The second kappa shape index (κ2) is 6.35. The summed E-state index contributed by atoms with van der Waals surface area (Å²) in [6.45, 7) is 3.19. The summed E-state index contributed by atoms with van der Waals surface area (Å²) in [6.07, 6.45) is 6.55. The van der Waals surface area contributed by atoms with E-state index in [1.54, 1.807) is 6.26 Å². The van der Waals surface area contributed by atoms with Crippen LogP contribution in [0.15, 0.2) is 41.0 Å². The lowest BCUT2D eigenvalue weighted by Crippen LogP contribution is -2.29. The number of hydrogen-bond donors (Lipinski definition) is 2. The summed E-state index contributed by atoms with van der Waals surface area (Å²) >= 11 is 0. The van der Waals surface area contributed by atoms with Crippen molar-refractivity contribution in [3.63, 3.8) is 0 Å². The van der Waals surface area contributed by atoms with Crippen molar-refractivity contribution < 1.29 is 4.42 Å². The lowest BCUT2D eigenvalue weighted by atomic mass is 9.86. The smallest absolute Gasteiger partial charge is 0.133 e. The van der Waals surface area contributed by atoms with Crippen molar-refractivity contribution in [3.8, 4) is 11.3 Å². The third-order valence-corrected chi connectivity index (χ3v) is 4.50. The molecule has 0 amide bonds. The van der Waals surface area contributed by atoms with Gasteiger partial charge in [-0.2, -0.15) is 0 Å². The first kappa shape index (κ1) is 14.2. The Bertz CT molecular complexity index is 569. The maximum absolute atomic E-state index is 5.96. The van der Waals surface area contributed by atoms with Gasteiger partial charge in [0, 0.05) is 23.8 Å². The summed E-state index contributed by atoms with van der Waals surface area (Å²) in [5, 5.41) is 3.60. The van der Waals surface area contributed by atoms with Crippen LogP contribution in [0.25, 0.3) is 11.3 Å². The molecule has 0 atom stereocenters. The molecule has 0 spiro atoms. The number of nitrogens with one attached hydrogen (secondary N) is 1. The van der Waals surface area contributed by atoms with Gasteiger partial charge in [-0.05, 0) is 74.4 Å². The fraction of sp³-hybridized carbons (Fsp3) is 0.444. The third kappa shape index (κ3) is 3.48. The van der Waals surface area contributed by atoms with Crippen LogP contribution in [0.3, 0.4) is 0 Å². The molecule has 0 unspecified atom stereocenters. The molecule has 1 saturated carbocycles. The summed E-state index contributed by atoms with van der Waals surface area (Å²) in [5.41, 5.74) is 9.58. The van der Waals surface area contributed by atoms with E-state index >= 15 is 0 Å². The first-order valence-electron chi connectivity index (χ1n) is 7.86. The Labute approximate surface area is 126 Å². The van der Waals surface area contributed by atoms with Crippen LogP contribution in [-0.4, -0.2) is 12.6 Å². The highest BCUT2D eigenvalue weighted by Crippen LogP contribution is 2.27. The summed E-state index contributed by atoms with van der Waals surface area (Å²) in [6, 6.07) is 10.8. The fourth-order valence-corrected chi connectivity index (χ4v) is 3.10. The molecule has 1 aromatic heterocycles. The predicted octanol–water partition coefficient (Wildman–Crippen LogP) is 4.18. The molecular formula is C18H24N2O. The standard InChI is InChI=1S/C18H24N2O/c1-13-11-15(18-3-2-10-21-18)6-9-17(13)20-12-14-4-7-16(19)8-5-14/h2-3,6,9-11,14,16,20H,4-5,7-8,12,19H2,1H3/t14-,16-. The molecule has 2 aromatic rings. The van der Waals surface area contributed by atoms with Crippen LogP contribution in [0.5, 0.6) is 0 Å². The van der Waals surface area contributed by atoms with E-state index in [9.17, 15) is 0 Å². The van der Waals surface area contributed by atoms with E-state index in [1.807, 2.05) is 12.1 Å². The van der Waals surface area contributed by atoms with E-state index in [4.69, 9.17) is 10.2 Å². The fourth-order valence-electron chi connectivity index (χ4n) is 3.10. The minimum Gasteiger partial charge on any atom is -0.464 e. The average molecular weight is 284 g/mol. The van der Waals surface area contributed by atoms with Gasteiger partial charge in [-0.15, -0.1) is 0 Å². The zero-order valence-corrected chi connectivity index (χ0v) is 12.6. The van der Waals surface area contributed by atoms with Crippen LogP contribution in [0.1, 0.15) is 31.2 Å². The minimum absolute atomic E-state index is 0.426. The number of rotatable bonds is 4. The van der Waals surface area contributed by atoms with Crippen LogP contribution in [-0.2, 0) is 0 Å². The average Bonchev–Trinajstić information content (AvgIpc) is 3.02. The third-order valence-electron chi connectivity index (χ3n) is 4.50. The molecule has 21 heavy (non-hydrogen) atoms. The topological polar surface area (TPSA) is 51.2 Å². The number of benzene rings is 1. The van der Waals surface area contributed by atoms with Crippen molar-refractivity contribution in [2.45, 2.75) is 38.6 Å². The van der Waals surface area contributed by atoms with Crippen LogP contribution < -0.4 is 11.1 Å². The van der Waals surface area contributed by atoms with E-state index in [0.29, 0.717) is 6.04 Å². The maximum atomic E-state index is 5.96. The molecule has 1 fully saturated rings. The minimum atomic E-state index is 0.426. The molecule has 0 radical (unpaired) electrons. The van der Waals surface area contributed by atoms with Crippen molar-refractivity contribution in [1.82, 2.24) is 0 Å². The molecule has 112 valence electrons. The second-order valence-corrected chi connectivity index (χ2v) is 6.17. The lowest BCUT2D eigenvalue weighted by molar-refractivity contribution is 0.339. The first-order chi connectivity index (χ1) is 10.2. The molecule has 3 N–H and O–H groups in total. The normalized spacial score (nSPS) is 22.2. The van der Waals surface area contributed by atoms with Gasteiger partial charge in [0.1, 0.15) is 5.76 Å². The zero-order valence-electron chi connectivity index (χ0n) is 12.6. The number of anilines is 1. The highest BCUT2D eigenvalue weighted by Gasteiger charge is 2.18. The molecule has 0 saturated heterocycles. The highest BCUT2D eigenvalue weighted by molar-refractivity contribution is 5.64. The Morgan fingerprint density at radius 1 is 1.19 bits per heavy atom. The zero-order chi connectivity index (χ0) is 14.7. The number of aryl methyl sites for hydroxylation is 1. The Kier molecular flexibility index (Phi) is 4.30. The van der Waals surface area contributed by atoms with Gasteiger partial charge in [-0.1, -0.05) is 0 Å². The molecule has 3 rings (SSSR count). The van der Waals surface area contributed by atoms with E-state index in [2.05, 4.69) is 30.4 Å². The van der Waals surface area contributed by atoms with Gasteiger partial charge >= 0.3 is 0 Å². The molecule has 0 bridgehead atoms. The second-order valence-electron chi connectivity index (χ2n) is 6.17. The Balaban J connectivity index is 1.61. The van der Waals surface area contributed by atoms with Crippen molar-refractivity contribution in [2.24, 2.45) is 11.7 Å². The van der Waals surface area contributed by atoms with Crippen LogP contribution in [0.4, 0.5) is 5.69 Å². The van der Waals surface area contributed by atoms with Gasteiger partial charge in [-0.3, -0.25) is 0 Å². The predicted molar refractivity (Wildman–Crippen MR) is 87.3 cm³/mol. The van der Waals surface area contributed by atoms with Crippen LogP contribution in [0, 0.1) is 12.8 Å². The SMILES string of the molecule is Cc1cc(-c2ccco2)ccc1NC[C@H]1CC[C@H](N)CC1. The lowest BCUT2D eigenvalue weighted by Gasteiger charge is -2.26. The Hall–Kier alpha value is -1.74. The van der Waals surface area contributed by atoms with Crippen LogP contribution in [0.2, 0.25) is 0 Å². The van der Waals surface area contributed by atoms with Crippen molar-refractivity contribution in [1.29, 1.82) is 0 Å². The van der Waals surface area contributed by atoms with Gasteiger partial charge in [0.15, 0.2) is 0 Å². The van der Waals surface area contributed by atoms with E-state index in [0.717, 1.165) is 23.8 Å². The quantitative estimate of drug-likeness (QED) is 0.885. The molecule has 1 heterocycles. The summed E-state index contributed by atoms with van der Waals surface area (Å²) in [5.74, 6) is 1.68. The van der Waals surface area contributed by atoms with E-state index in [-0.39, 0.29) is 0 Å². The molecule has 3 heteroatoms. The Morgan fingerprint density at radius 2 is 2.00 bits per heavy atom. The van der Waals surface area contributed by atoms with Gasteiger partial charge in [0.2, 0.25) is 0 Å². The molecular weight excluding hydrogens is 260 g/mol. The monoisotopic (exact) mass is 284 g/mol. The molecule has 1 aliphatic carbocycles. The van der Waals surface area contributed by atoms with E-state index in [1.165, 1.54) is 36.9 Å². The molecule has 1 aromatic carbocycles. The van der Waals surface area contributed by atoms with Crippen molar-refractivity contribution in [3.05, 3.63) is 42.2 Å². The Morgan fingerprint density at radius 3 is 2.67 bits per heavy atom. The molecule has 1 aliphatic rings. The molecule has 0 aliphatic heterocycles. The van der Waals surface area contributed by atoms with Crippen molar-refractivity contribution in [2.75, 3.05) is 11.9 Å². The van der Waals surface area contributed by atoms with Gasteiger partial charge < -0.3 is 15.5 Å². The number of hydrogen-bond acceptors (Lipinski definition) is 3. The van der Waals surface area contributed by atoms with Crippen LogP contribution >= 0.6 is 0 Å². The number of furan rings is 1. The van der Waals surface area contributed by atoms with Gasteiger partial charge in [-0.25, -0.2) is 0 Å².